The van der Waals surface area contributed by atoms with E-state index in [1.165, 1.54) is 32.6 Å². The molecule has 0 bridgehead atoms. The Kier molecular flexibility index (Phi) is 11.9. The first-order valence-corrected chi connectivity index (χ1v) is 21.6. The molecule has 0 radical (unpaired) electrons. The maximum atomic E-state index is 12.7. The van der Waals surface area contributed by atoms with Crippen molar-refractivity contribution < 1.29 is 9.53 Å². The molecule has 0 fully saturated rings. The van der Waals surface area contributed by atoms with Crippen molar-refractivity contribution in [3.05, 3.63) is 27.7 Å². The number of anilines is 1. The molecule has 8 heteroatoms. The van der Waals surface area contributed by atoms with Crippen LogP contribution in [0.5, 0.6) is 0 Å². The summed E-state index contributed by atoms with van der Waals surface area (Å²) in [4.78, 5) is 12.7. The van der Waals surface area contributed by atoms with Crippen molar-refractivity contribution in [2.24, 2.45) is 10.3 Å². The van der Waals surface area contributed by atoms with Gasteiger partial charge in [-0.05, 0) is 0 Å². The van der Waals surface area contributed by atoms with Crippen LogP contribution in [0.15, 0.2) is 33.0 Å². The molecule has 0 saturated heterocycles. The van der Waals surface area contributed by atoms with Crippen molar-refractivity contribution >= 4 is 57.6 Å². The zero-order valence-corrected chi connectivity index (χ0v) is 27.4. The van der Waals surface area contributed by atoms with Crippen LogP contribution in [0.2, 0.25) is 18.3 Å². The van der Waals surface area contributed by atoms with Gasteiger partial charge in [-0.2, -0.15) is 0 Å². The maximum absolute atomic E-state index is 12.7. The number of unbranched alkanes of at least 4 members (excludes halogenated alkanes) is 3. The van der Waals surface area contributed by atoms with Gasteiger partial charge >= 0.3 is 231 Å². The molecule has 0 aromatic heterocycles. The monoisotopic (exact) mass is 673 g/mol. The van der Waals surface area contributed by atoms with Gasteiger partial charge in [0.05, 0.1) is 0 Å². The van der Waals surface area contributed by atoms with Gasteiger partial charge in [0.25, 0.3) is 0 Å². The number of carbonyl (C=O) groups is 1. The molecule has 1 aromatic rings. The van der Waals surface area contributed by atoms with E-state index < -0.39 is 33.5 Å². The van der Waals surface area contributed by atoms with Gasteiger partial charge in [-0.15, -0.1) is 0 Å². The van der Waals surface area contributed by atoms with E-state index in [1.807, 2.05) is 44.0 Å². The fraction of sp³-hybridized carbons (Fsp3) is 0.667. The Balaban J connectivity index is 2.60. The fourth-order valence-electron chi connectivity index (χ4n) is 4.70. The zero-order chi connectivity index (χ0) is 26.1. The molecule has 0 N–H and O–H groups in total. The Hall–Kier alpha value is -0.781. The molecule has 0 saturated carbocycles. The summed E-state index contributed by atoms with van der Waals surface area (Å²) in [6.07, 6.45) is 6.99. The molecular formula is C27H41BrClN3O2Sn. The van der Waals surface area contributed by atoms with Crippen molar-refractivity contribution in [1.82, 2.24) is 0 Å². The number of carbonyl (C=O) groups excluding carboxylic acids is 1. The summed E-state index contributed by atoms with van der Waals surface area (Å²) in [6, 6.07) is 5.70. The number of esters is 1. The van der Waals surface area contributed by atoms with Crippen LogP contribution in [0.3, 0.4) is 0 Å². The Morgan fingerprint density at radius 2 is 1.71 bits per heavy atom. The summed E-state index contributed by atoms with van der Waals surface area (Å²) in [5, 5.41) is 12.3. The van der Waals surface area contributed by atoms with Crippen LogP contribution in [0.4, 0.5) is 5.69 Å². The van der Waals surface area contributed by atoms with Gasteiger partial charge in [-0.3, -0.25) is 0 Å². The average molecular weight is 674 g/mol. The number of halogens is 2. The Morgan fingerprint density at radius 1 is 1.14 bits per heavy atom. The second kappa shape index (κ2) is 13.7. The van der Waals surface area contributed by atoms with Crippen molar-refractivity contribution in [3.63, 3.8) is 0 Å². The van der Waals surface area contributed by atoms with Gasteiger partial charge < -0.3 is 0 Å². The van der Waals surface area contributed by atoms with Crippen LogP contribution in [0.1, 0.15) is 80.1 Å². The normalized spacial score (nSPS) is 17.9. The van der Waals surface area contributed by atoms with Crippen LogP contribution in [0, 0.1) is 11.8 Å². The summed E-state index contributed by atoms with van der Waals surface area (Å²) in [7, 11) is 0. The van der Waals surface area contributed by atoms with Gasteiger partial charge in [-0.25, -0.2) is 0 Å². The van der Waals surface area contributed by atoms with Crippen LogP contribution in [-0.2, 0) is 9.53 Å². The first-order valence-electron chi connectivity index (χ1n) is 12.9. The van der Waals surface area contributed by atoms with Crippen LogP contribution in [0.25, 0.3) is 0 Å². The van der Waals surface area contributed by atoms with Crippen LogP contribution < -0.4 is 5.01 Å². The third-order valence-corrected chi connectivity index (χ3v) is 24.8. The number of ether oxygens (including phenoxy) is 1. The molecule has 1 aliphatic rings. The standard InChI is InChI=1S/C15H14BrClN3O2.3C4H9.Sn/c1-15(2,3)22-14(21)7-5-11-9-20(19-18-11)13-6-4-10(17)8-12(13)16;3*1-3-4-2;/h4,6,8H,9H2,1-3H3;3*1,3-4H2,2H3;. The van der Waals surface area contributed by atoms with Gasteiger partial charge in [-0.1, -0.05) is 0 Å². The van der Waals surface area contributed by atoms with Gasteiger partial charge in [0.2, 0.25) is 0 Å². The molecule has 5 nitrogen and oxygen atoms in total. The van der Waals surface area contributed by atoms with Gasteiger partial charge in [0.15, 0.2) is 0 Å². The van der Waals surface area contributed by atoms with E-state index in [0.29, 0.717) is 11.6 Å². The van der Waals surface area contributed by atoms with Crippen LogP contribution >= 0.6 is 27.5 Å². The van der Waals surface area contributed by atoms with Gasteiger partial charge in [0.1, 0.15) is 0 Å². The Morgan fingerprint density at radius 3 is 2.20 bits per heavy atom. The summed E-state index contributed by atoms with van der Waals surface area (Å²) in [5.41, 5.74) is 0.337. The molecule has 1 aromatic carbocycles. The number of benzene rings is 1. The summed E-state index contributed by atoms with van der Waals surface area (Å²) < 4.78 is 9.46. The second-order valence-electron chi connectivity index (χ2n) is 10.5. The SMILES string of the molecule is CCC[CH2][Sn]([CH2]CCC)([CH2]CCC)[C]1(C#CC(=O)OC(C)(C)C)CN(c2ccc(Cl)cc2Br)N=N1. The number of hydrogen-bond acceptors (Lipinski definition) is 5. The minimum atomic E-state index is -3.13. The van der Waals surface area contributed by atoms with Crippen molar-refractivity contribution in [2.45, 2.75) is 103 Å². The third kappa shape index (κ3) is 8.36. The molecular weight excluding hydrogens is 632 g/mol. The molecule has 1 aliphatic heterocycles. The first kappa shape index (κ1) is 30.4. The number of rotatable bonds is 11. The van der Waals surface area contributed by atoms with E-state index in [2.05, 4.69) is 53.8 Å². The van der Waals surface area contributed by atoms with Crippen LogP contribution in [-0.4, -0.2) is 40.0 Å². The predicted octanol–water partition coefficient (Wildman–Crippen LogP) is 8.76. The van der Waals surface area contributed by atoms with E-state index in [0.717, 1.165) is 29.4 Å². The number of nitrogens with zero attached hydrogens (tertiary/aromatic N) is 3. The first-order chi connectivity index (χ1) is 16.5. The minimum absolute atomic E-state index is 0.486. The molecule has 2 rings (SSSR count). The molecule has 35 heavy (non-hydrogen) atoms. The average Bonchev–Trinajstić information content (AvgIpc) is 3.22. The molecule has 1 heterocycles. The Bertz CT molecular complexity index is 932. The summed E-state index contributed by atoms with van der Waals surface area (Å²) in [6.45, 7) is 12.9. The quantitative estimate of drug-likeness (QED) is 0.102. The third-order valence-electron chi connectivity index (χ3n) is 6.56. The summed E-state index contributed by atoms with van der Waals surface area (Å²) >= 11 is 6.71. The predicted molar refractivity (Wildman–Crippen MR) is 153 cm³/mol. The van der Waals surface area contributed by atoms with Crippen molar-refractivity contribution in [2.75, 3.05) is 11.6 Å². The molecule has 0 aliphatic carbocycles. The molecule has 0 amide bonds. The van der Waals surface area contributed by atoms with E-state index in [1.54, 1.807) is 0 Å². The number of hydrogen-bond donors (Lipinski definition) is 0. The zero-order valence-electron chi connectivity index (χ0n) is 22.2. The fourth-order valence-corrected chi connectivity index (χ4v) is 23.1. The molecule has 1 unspecified atom stereocenters. The van der Waals surface area contributed by atoms with Crippen molar-refractivity contribution in [1.29, 1.82) is 0 Å². The van der Waals surface area contributed by atoms with E-state index in [4.69, 9.17) is 21.5 Å². The van der Waals surface area contributed by atoms with E-state index in [9.17, 15) is 4.79 Å². The van der Waals surface area contributed by atoms with E-state index in [-0.39, 0.29) is 0 Å². The molecule has 194 valence electrons. The second-order valence-corrected chi connectivity index (χ2v) is 25.8. The van der Waals surface area contributed by atoms with E-state index >= 15 is 0 Å². The Labute approximate surface area is 229 Å². The van der Waals surface area contributed by atoms with Gasteiger partial charge in [0, 0.05) is 0 Å². The molecule has 1 atom stereocenters. The topological polar surface area (TPSA) is 54.3 Å². The summed E-state index contributed by atoms with van der Waals surface area (Å²) in [5.74, 6) is 5.84. The molecule has 0 spiro atoms. The van der Waals surface area contributed by atoms with Crippen molar-refractivity contribution in [3.8, 4) is 11.8 Å².